The van der Waals surface area contributed by atoms with Gasteiger partial charge >= 0.3 is 11.9 Å². The lowest BCUT2D eigenvalue weighted by molar-refractivity contribution is -0.433. The maximum atomic E-state index is 13.4. The molecule has 2 aliphatic heterocycles. The minimum absolute atomic E-state index is 0.0562. The molecule has 1 aliphatic carbocycles. The zero-order valence-electron chi connectivity index (χ0n) is 23.5. The number of benzene rings is 2. The SMILES string of the molecule is CCN1/C(=C\C2=C([O-])C(=C\C3=[N+](CC)c4cccc(C(=O)O)c4C3(C)C)/C2=O)C(C)(C)c2c(C(=O)O)cccc21. The van der Waals surface area contributed by atoms with Gasteiger partial charge in [0.25, 0.3) is 0 Å². The number of likely N-dealkylation sites (N-methyl/N-ethyl adjacent to an activating group) is 1. The summed E-state index contributed by atoms with van der Waals surface area (Å²) in [6, 6.07) is 10.3. The number of carbonyl (C=O) groups is 3. The lowest BCUT2D eigenvalue weighted by Crippen LogP contribution is -2.35. The molecular formula is C32H32N2O6. The Hall–Kier alpha value is -4.46. The van der Waals surface area contributed by atoms with Crippen LogP contribution in [0.1, 0.15) is 73.4 Å². The zero-order valence-corrected chi connectivity index (χ0v) is 23.5. The first-order valence-electron chi connectivity index (χ1n) is 13.3. The number of fused-ring (bicyclic) bond motifs is 2. The van der Waals surface area contributed by atoms with Crippen LogP contribution in [0.5, 0.6) is 0 Å². The van der Waals surface area contributed by atoms with E-state index in [4.69, 9.17) is 0 Å². The number of aromatic carboxylic acids is 2. The average Bonchev–Trinajstić information content (AvgIpc) is 3.27. The largest absolute Gasteiger partial charge is 0.871 e. The van der Waals surface area contributed by atoms with Crippen molar-refractivity contribution in [1.82, 2.24) is 0 Å². The molecule has 0 saturated carbocycles. The molecule has 0 spiro atoms. The number of allylic oxidation sites excluding steroid dienone is 5. The highest BCUT2D eigenvalue weighted by Crippen LogP contribution is 2.50. The summed E-state index contributed by atoms with van der Waals surface area (Å²) in [5.41, 5.74) is 3.20. The topological polar surface area (TPSA) is 121 Å². The molecule has 40 heavy (non-hydrogen) atoms. The molecule has 0 fully saturated rings. The van der Waals surface area contributed by atoms with E-state index >= 15 is 0 Å². The van der Waals surface area contributed by atoms with Crippen LogP contribution in [0, 0.1) is 0 Å². The van der Waals surface area contributed by atoms with Crippen LogP contribution in [0.3, 0.4) is 0 Å². The summed E-state index contributed by atoms with van der Waals surface area (Å²) in [6.07, 6.45) is 3.22. The molecular weight excluding hydrogens is 508 g/mol. The highest BCUT2D eigenvalue weighted by molar-refractivity contribution is 6.24. The van der Waals surface area contributed by atoms with Gasteiger partial charge in [-0.15, -0.1) is 0 Å². The quantitative estimate of drug-likeness (QED) is 0.414. The lowest BCUT2D eigenvalue weighted by atomic mass is 9.76. The molecule has 8 nitrogen and oxygen atoms in total. The molecule has 3 aliphatic rings. The van der Waals surface area contributed by atoms with E-state index in [1.165, 1.54) is 0 Å². The van der Waals surface area contributed by atoms with E-state index < -0.39 is 22.8 Å². The fourth-order valence-corrected chi connectivity index (χ4v) is 6.56. The Labute approximate surface area is 232 Å². The molecule has 206 valence electrons. The fraction of sp³-hybridized carbons (Fsp3) is 0.312. The molecule has 0 aromatic heterocycles. The van der Waals surface area contributed by atoms with Gasteiger partial charge in [-0.3, -0.25) is 4.79 Å². The molecule has 2 aromatic rings. The third-order valence-corrected chi connectivity index (χ3v) is 8.41. The van der Waals surface area contributed by atoms with Crippen LogP contribution in [0.25, 0.3) is 0 Å². The van der Waals surface area contributed by atoms with Crippen molar-refractivity contribution in [2.45, 2.75) is 52.4 Å². The van der Waals surface area contributed by atoms with Gasteiger partial charge in [0.05, 0.1) is 22.1 Å². The smallest absolute Gasteiger partial charge is 0.336 e. The third kappa shape index (κ3) is 3.58. The lowest BCUT2D eigenvalue weighted by Gasteiger charge is -2.32. The molecule has 2 N–H and O–H groups in total. The molecule has 0 radical (unpaired) electrons. The second kappa shape index (κ2) is 9.05. The van der Waals surface area contributed by atoms with Crippen LogP contribution in [-0.2, 0) is 15.6 Å². The van der Waals surface area contributed by atoms with E-state index in [0.29, 0.717) is 35.6 Å². The number of carboxylic acid groups (broad SMARTS) is 2. The number of Topliss-reactive ketones (excluding diaryl/α,β-unsaturated/α-hetero) is 1. The van der Waals surface area contributed by atoms with Gasteiger partial charge in [0.2, 0.25) is 5.69 Å². The Bertz CT molecular complexity index is 1650. The number of nitrogens with zero attached hydrogens (tertiary/aromatic N) is 2. The number of hydrogen-bond acceptors (Lipinski definition) is 5. The number of hydrogen-bond donors (Lipinski definition) is 2. The minimum atomic E-state index is -1.03. The van der Waals surface area contributed by atoms with E-state index in [-0.39, 0.29) is 33.8 Å². The number of carboxylic acids is 2. The predicted molar refractivity (Wildman–Crippen MR) is 150 cm³/mol. The van der Waals surface area contributed by atoms with Gasteiger partial charge < -0.3 is 20.2 Å². The Morgan fingerprint density at radius 1 is 0.925 bits per heavy atom. The van der Waals surface area contributed by atoms with Gasteiger partial charge in [0, 0.05) is 52.2 Å². The van der Waals surface area contributed by atoms with Crippen LogP contribution < -0.4 is 10.0 Å². The van der Waals surface area contributed by atoms with Crippen molar-refractivity contribution in [3.63, 3.8) is 0 Å². The summed E-state index contributed by atoms with van der Waals surface area (Å²) in [6.45, 7) is 12.5. The van der Waals surface area contributed by atoms with Gasteiger partial charge in [-0.25, -0.2) is 9.59 Å². The molecule has 2 heterocycles. The second-order valence-electron chi connectivity index (χ2n) is 11.3. The van der Waals surface area contributed by atoms with Gasteiger partial charge in [-0.1, -0.05) is 31.7 Å². The molecule has 0 bridgehead atoms. The Balaban J connectivity index is 1.61. The first-order valence-corrected chi connectivity index (χ1v) is 13.3. The van der Waals surface area contributed by atoms with Crippen molar-refractivity contribution in [3.05, 3.63) is 93.4 Å². The average molecular weight is 541 g/mol. The number of anilines is 1. The summed E-state index contributed by atoms with van der Waals surface area (Å²) in [7, 11) is 0. The van der Waals surface area contributed by atoms with Crippen LogP contribution in [0.4, 0.5) is 11.4 Å². The molecule has 2 aromatic carbocycles. The maximum absolute atomic E-state index is 13.4. The van der Waals surface area contributed by atoms with E-state index in [9.17, 15) is 29.7 Å². The Morgan fingerprint density at radius 2 is 1.52 bits per heavy atom. The van der Waals surface area contributed by atoms with Crippen molar-refractivity contribution in [1.29, 1.82) is 0 Å². The highest BCUT2D eigenvalue weighted by atomic mass is 16.4. The van der Waals surface area contributed by atoms with E-state index in [2.05, 4.69) is 0 Å². The first-order chi connectivity index (χ1) is 18.8. The van der Waals surface area contributed by atoms with Gasteiger partial charge in [-0.2, -0.15) is 4.58 Å². The van der Waals surface area contributed by atoms with Crippen molar-refractivity contribution in [3.8, 4) is 0 Å². The molecule has 0 amide bonds. The summed E-state index contributed by atoms with van der Waals surface area (Å²) >= 11 is 0. The van der Waals surface area contributed by atoms with Gasteiger partial charge in [0.1, 0.15) is 6.54 Å². The summed E-state index contributed by atoms with van der Waals surface area (Å²) in [5, 5.41) is 33.1. The summed E-state index contributed by atoms with van der Waals surface area (Å²) < 4.78 is 1.95. The maximum Gasteiger partial charge on any atom is 0.336 e. The standard InChI is InChI=1S/C32H32N2O6/c1-7-33-21-13-9-11-17(29(37)38)25(21)31(3,4)23(33)15-19-27(35)20(28(19)36)16-24-32(5,6)26-18(30(39)40)12-10-14-22(26)34(24)8-2/h9-16H,7-8H2,1-6H3,(H2-,35,36,37,38,39,40). The summed E-state index contributed by atoms with van der Waals surface area (Å²) in [5.74, 6) is -2.82. The van der Waals surface area contributed by atoms with Crippen LogP contribution in [0.2, 0.25) is 0 Å². The van der Waals surface area contributed by atoms with Crippen LogP contribution in [-0.4, -0.2) is 51.3 Å². The van der Waals surface area contributed by atoms with Crippen molar-refractivity contribution in [2.75, 3.05) is 18.0 Å². The monoisotopic (exact) mass is 540 g/mol. The highest BCUT2D eigenvalue weighted by Gasteiger charge is 2.48. The minimum Gasteiger partial charge on any atom is -0.871 e. The Morgan fingerprint density at radius 3 is 2.08 bits per heavy atom. The van der Waals surface area contributed by atoms with Gasteiger partial charge in [-0.05, 0) is 52.0 Å². The normalized spacial score (nSPS) is 20.8. The predicted octanol–water partition coefficient (Wildman–Crippen LogP) is 4.30. The van der Waals surface area contributed by atoms with E-state index in [1.807, 2.05) is 63.2 Å². The first kappa shape index (κ1) is 27.1. The van der Waals surface area contributed by atoms with Crippen LogP contribution in [0.15, 0.2) is 71.2 Å². The molecule has 0 atom stereocenters. The molecule has 0 unspecified atom stereocenters. The fourth-order valence-electron chi connectivity index (χ4n) is 6.56. The Kier molecular flexibility index (Phi) is 6.13. The number of ketones is 1. The molecule has 8 heteroatoms. The molecule has 0 saturated heterocycles. The van der Waals surface area contributed by atoms with Crippen LogP contribution >= 0.6 is 0 Å². The van der Waals surface area contributed by atoms with Crippen molar-refractivity contribution < 1.29 is 34.3 Å². The van der Waals surface area contributed by atoms with E-state index in [0.717, 1.165) is 11.4 Å². The van der Waals surface area contributed by atoms with Crippen molar-refractivity contribution >= 4 is 34.8 Å². The molecule has 5 rings (SSSR count). The number of carbonyl (C=O) groups excluding carboxylic acids is 1. The third-order valence-electron chi connectivity index (χ3n) is 8.41. The van der Waals surface area contributed by atoms with E-state index in [1.54, 1.807) is 36.4 Å². The van der Waals surface area contributed by atoms with Crippen molar-refractivity contribution in [2.24, 2.45) is 0 Å². The van der Waals surface area contributed by atoms with Gasteiger partial charge in [0.15, 0.2) is 11.5 Å². The summed E-state index contributed by atoms with van der Waals surface area (Å²) in [4.78, 5) is 39.4. The second-order valence-corrected chi connectivity index (χ2v) is 11.3. The zero-order chi connectivity index (χ0) is 29.3. The number of rotatable bonds is 6.